The Labute approximate surface area is 265 Å². The van der Waals surface area contributed by atoms with Gasteiger partial charge in [0, 0.05) is 6.07 Å². The molecule has 222 valence electrons. The molecule has 2 fully saturated rings. The number of imide groups is 1. The summed E-state index contributed by atoms with van der Waals surface area (Å²) in [6.45, 7) is 0.0689. The van der Waals surface area contributed by atoms with Gasteiger partial charge in [0.15, 0.2) is 17.3 Å². The monoisotopic (exact) mass is 601 g/mol. The molecule has 5 aromatic carbocycles. The van der Waals surface area contributed by atoms with Gasteiger partial charge >= 0.3 is 0 Å². The summed E-state index contributed by atoms with van der Waals surface area (Å²) in [5, 5.41) is 0. The minimum absolute atomic E-state index is 0.0689. The molecule has 9 rings (SSSR count). The van der Waals surface area contributed by atoms with Crippen LogP contribution < -0.4 is 14.4 Å². The van der Waals surface area contributed by atoms with E-state index in [1.165, 1.54) is 4.90 Å². The summed E-state index contributed by atoms with van der Waals surface area (Å²) >= 11 is 0. The molecule has 0 radical (unpaired) electrons. The molecule has 2 amide bonds. The Bertz CT molecular complexity index is 1970. The number of carbonyl (C=O) groups excluding carboxylic acids is 3. The topological polar surface area (TPSA) is 72.9 Å². The number of anilines is 1. The first kappa shape index (κ1) is 26.6. The van der Waals surface area contributed by atoms with Crippen molar-refractivity contribution in [2.75, 3.05) is 11.7 Å². The van der Waals surface area contributed by atoms with E-state index in [1.807, 2.05) is 121 Å². The number of rotatable bonds is 5. The minimum Gasteiger partial charge on any atom is -0.454 e. The summed E-state index contributed by atoms with van der Waals surface area (Å²) in [6.07, 6.45) is 0. The number of carbonyl (C=O) groups is 3. The van der Waals surface area contributed by atoms with Crippen molar-refractivity contribution in [1.29, 1.82) is 0 Å². The van der Waals surface area contributed by atoms with E-state index in [-0.39, 0.29) is 12.6 Å². The summed E-state index contributed by atoms with van der Waals surface area (Å²) in [5.74, 6) is -1.88. The second-order valence-electron chi connectivity index (χ2n) is 12.2. The smallest absolute Gasteiger partial charge is 0.239 e. The Hall–Kier alpha value is -5.75. The van der Waals surface area contributed by atoms with Gasteiger partial charge in [-0.1, -0.05) is 121 Å². The summed E-state index contributed by atoms with van der Waals surface area (Å²) in [4.78, 5) is 47.3. The van der Waals surface area contributed by atoms with Gasteiger partial charge in [0.05, 0.1) is 28.4 Å². The van der Waals surface area contributed by atoms with Crippen LogP contribution in [-0.4, -0.2) is 24.4 Å². The Morgan fingerprint density at radius 3 is 1.43 bits per heavy atom. The second kappa shape index (κ2) is 9.62. The third kappa shape index (κ3) is 3.18. The molecule has 6 nitrogen and oxygen atoms in total. The number of ether oxygens (including phenoxy) is 2. The van der Waals surface area contributed by atoms with Gasteiger partial charge < -0.3 is 9.47 Å². The zero-order valence-corrected chi connectivity index (χ0v) is 24.6. The molecule has 2 aliphatic carbocycles. The molecule has 4 atom stereocenters. The number of amides is 2. The number of Topliss-reactive ketones (excluding diaryl/α,β-unsaturated/α-hetero) is 1. The molecule has 4 aliphatic rings. The van der Waals surface area contributed by atoms with Crippen LogP contribution >= 0.6 is 0 Å². The molecule has 0 aromatic heterocycles. The molecule has 2 heterocycles. The second-order valence-corrected chi connectivity index (χ2v) is 12.2. The molecule has 1 saturated heterocycles. The summed E-state index contributed by atoms with van der Waals surface area (Å²) in [6, 6.07) is 43.9. The van der Waals surface area contributed by atoms with Gasteiger partial charge in [0.1, 0.15) is 0 Å². The van der Waals surface area contributed by atoms with Crippen molar-refractivity contribution in [3.8, 4) is 11.5 Å². The molecule has 5 aromatic rings. The van der Waals surface area contributed by atoms with Crippen LogP contribution in [-0.2, 0) is 25.2 Å². The maximum atomic E-state index is 15.9. The fourth-order valence-electron chi connectivity index (χ4n) is 8.61. The van der Waals surface area contributed by atoms with Gasteiger partial charge in [0.25, 0.3) is 0 Å². The first-order valence-electron chi connectivity index (χ1n) is 15.4. The van der Waals surface area contributed by atoms with E-state index in [2.05, 4.69) is 0 Å². The Kier molecular flexibility index (Phi) is 5.57. The molecule has 2 aliphatic heterocycles. The normalized spacial score (nSPS) is 25.8. The number of nitrogens with zero attached hydrogens (tertiary/aromatic N) is 1. The van der Waals surface area contributed by atoms with Gasteiger partial charge in [-0.3, -0.25) is 14.4 Å². The Morgan fingerprint density at radius 2 is 0.957 bits per heavy atom. The van der Waals surface area contributed by atoms with E-state index in [0.717, 1.165) is 22.3 Å². The van der Waals surface area contributed by atoms with E-state index < -0.39 is 34.5 Å². The third-order valence-electron chi connectivity index (χ3n) is 10.2. The van der Waals surface area contributed by atoms with Crippen LogP contribution in [0.1, 0.15) is 22.3 Å². The third-order valence-corrected chi connectivity index (χ3v) is 10.2. The van der Waals surface area contributed by atoms with E-state index in [9.17, 15) is 0 Å². The van der Waals surface area contributed by atoms with E-state index in [4.69, 9.17) is 9.47 Å². The first-order chi connectivity index (χ1) is 22.6. The van der Waals surface area contributed by atoms with Crippen LogP contribution in [0.25, 0.3) is 11.1 Å². The van der Waals surface area contributed by atoms with Crippen molar-refractivity contribution in [1.82, 2.24) is 0 Å². The zero-order chi connectivity index (χ0) is 31.0. The van der Waals surface area contributed by atoms with Crippen molar-refractivity contribution in [3.63, 3.8) is 0 Å². The molecule has 46 heavy (non-hydrogen) atoms. The lowest BCUT2D eigenvalue weighted by atomic mass is 9.59. The maximum Gasteiger partial charge on any atom is 0.239 e. The lowest BCUT2D eigenvalue weighted by molar-refractivity contribution is -0.130. The molecule has 2 bridgehead atoms. The van der Waals surface area contributed by atoms with Crippen molar-refractivity contribution in [2.24, 2.45) is 11.8 Å². The van der Waals surface area contributed by atoms with E-state index in [0.29, 0.717) is 28.3 Å². The number of fused-ring (bicyclic) bond motifs is 6. The Morgan fingerprint density at radius 1 is 0.522 bits per heavy atom. The number of benzene rings is 5. The number of hydrogen-bond acceptors (Lipinski definition) is 5. The maximum absolute atomic E-state index is 15.9. The standard InChI is InChI=1S/C40H27NO5/c42-36-34-35(37(43)41(36)29-21-22-30-31(23-29)46-24-45-30)40(28-19-11-4-12-20-28)33(26-15-7-2-8-16-26)32(25-13-5-1-6-14-25)39(34,38(40)44)27-17-9-3-10-18-27/h1-23,34-35H,24H2/t34-,35-,39-,40-/m1/s1. The zero-order valence-electron chi connectivity index (χ0n) is 24.6. The SMILES string of the molecule is O=C1[C@H]2[C@H](C(=O)N1c1ccc3c(c1)OCO3)[C@]1(c3ccccc3)C(=O)[C@]2(c2ccccc2)C(c2ccccc2)=C1c1ccccc1. The molecular formula is C40H27NO5. The summed E-state index contributed by atoms with van der Waals surface area (Å²) in [7, 11) is 0. The predicted octanol–water partition coefficient (Wildman–Crippen LogP) is 6.60. The Balaban J connectivity index is 1.42. The molecule has 0 unspecified atom stereocenters. The van der Waals surface area contributed by atoms with E-state index >= 15 is 14.4 Å². The van der Waals surface area contributed by atoms with Gasteiger partial charge in [-0.15, -0.1) is 0 Å². The highest BCUT2D eigenvalue weighted by Gasteiger charge is 2.82. The van der Waals surface area contributed by atoms with Crippen molar-refractivity contribution < 1.29 is 23.9 Å². The van der Waals surface area contributed by atoms with E-state index in [1.54, 1.807) is 18.2 Å². The number of allylic oxidation sites excluding steroid dienone is 2. The highest BCUT2D eigenvalue weighted by Crippen LogP contribution is 2.74. The lowest BCUT2D eigenvalue weighted by Crippen LogP contribution is -2.45. The van der Waals surface area contributed by atoms with Gasteiger partial charge in [-0.2, -0.15) is 0 Å². The molecular weight excluding hydrogens is 574 g/mol. The van der Waals surface area contributed by atoms with Crippen LogP contribution in [0, 0.1) is 11.8 Å². The predicted molar refractivity (Wildman–Crippen MR) is 173 cm³/mol. The molecule has 0 spiro atoms. The minimum atomic E-state index is -1.44. The fraction of sp³-hybridized carbons (Fsp3) is 0.125. The van der Waals surface area contributed by atoms with Gasteiger partial charge in [-0.25, -0.2) is 4.90 Å². The van der Waals surface area contributed by atoms with Crippen LogP contribution in [0.15, 0.2) is 140 Å². The van der Waals surface area contributed by atoms with Crippen molar-refractivity contribution >= 4 is 34.4 Å². The van der Waals surface area contributed by atoms with Gasteiger partial charge in [-0.05, 0) is 45.5 Å². The van der Waals surface area contributed by atoms with Crippen LogP contribution in [0.2, 0.25) is 0 Å². The highest BCUT2D eigenvalue weighted by atomic mass is 16.7. The molecule has 1 saturated carbocycles. The average Bonchev–Trinajstić information content (AvgIpc) is 3.82. The molecule has 6 heteroatoms. The van der Waals surface area contributed by atoms with Gasteiger partial charge in [0.2, 0.25) is 18.6 Å². The average molecular weight is 602 g/mol. The quantitative estimate of drug-likeness (QED) is 0.212. The number of hydrogen-bond donors (Lipinski definition) is 0. The summed E-state index contributed by atoms with van der Waals surface area (Å²) < 4.78 is 11.1. The summed E-state index contributed by atoms with van der Waals surface area (Å²) in [5.41, 5.74) is 2.15. The van der Waals surface area contributed by atoms with Crippen LogP contribution in [0.4, 0.5) is 5.69 Å². The highest BCUT2D eigenvalue weighted by molar-refractivity contribution is 6.39. The van der Waals surface area contributed by atoms with Crippen molar-refractivity contribution in [2.45, 2.75) is 10.8 Å². The van der Waals surface area contributed by atoms with Crippen molar-refractivity contribution in [3.05, 3.63) is 162 Å². The first-order valence-corrected chi connectivity index (χ1v) is 15.4. The molecule has 0 N–H and O–H groups in total. The fourth-order valence-corrected chi connectivity index (χ4v) is 8.61. The lowest BCUT2D eigenvalue weighted by Gasteiger charge is -2.39. The van der Waals surface area contributed by atoms with Crippen LogP contribution in [0.3, 0.4) is 0 Å². The largest absolute Gasteiger partial charge is 0.454 e. The van der Waals surface area contributed by atoms with Crippen LogP contribution in [0.5, 0.6) is 11.5 Å². The number of ketones is 1.